The van der Waals surface area contributed by atoms with Crippen molar-refractivity contribution in [2.75, 3.05) is 0 Å². The quantitative estimate of drug-likeness (QED) is 0.265. The number of carboxylic acids is 1. The Morgan fingerprint density at radius 2 is 1.22 bits per heavy atom. The summed E-state index contributed by atoms with van der Waals surface area (Å²) in [6, 6.07) is 29.8. The number of aliphatic carboxylic acids is 1. The fraction of sp³-hybridized carbons (Fsp3) is 0.148. The molecule has 1 aliphatic carbocycles. The molecule has 32 heavy (non-hydrogen) atoms. The van der Waals surface area contributed by atoms with E-state index in [9.17, 15) is 14.7 Å². The number of rotatable bonds is 7. The van der Waals surface area contributed by atoms with Gasteiger partial charge in [-0.05, 0) is 29.5 Å². The highest BCUT2D eigenvalue weighted by molar-refractivity contribution is 6.13. The molecule has 5 nitrogen and oxygen atoms in total. The first kappa shape index (κ1) is 19.9. The number of nitrogens with zero attached hydrogens (tertiary/aromatic N) is 2. The van der Waals surface area contributed by atoms with Gasteiger partial charge in [0.2, 0.25) is 0 Å². The maximum absolute atomic E-state index is 13.6. The molecule has 0 amide bonds. The highest BCUT2D eigenvalue weighted by Crippen LogP contribution is 2.50. The van der Waals surface area contributed by atoms with Crippen LogP contribution in [0.25, 0.3) is 0 Å². The molecule has 1 heterocycles. The van der Waals surface area contributed by atoms with E-state index in [0.717, 1.165) is 16.7 Å². The lowest BCUT2D eigenvalue weighted by atomic mass is 9.76. The molecule has 1 saturated carbocycles. The molecular weight excluding hydrogens is 400 g/mol. The summed E-state index contributed by atoms with van der Waals surface area (Å²) in [7, 11) is 0. The fourth-order valence-electron chi connectivity index (χ4n) is 4.59. The smallest absolute Gasteiger partial charge is 0.317 e. The third-order valence-electron chi connectivity index (χ3n) is 6.40. The van der Waals surface area contributed by atoms with E-state index in [1.807, 2.05) is 95.6 Å². The average molecular weight is 422 g/mol. The highest BCUT2D eigenvalue weighted by atomic mass is 16.4. The molecule has 5 heteroatoms. The van der Waals surface area contributed by atoms with E-state index in [1.165, 1.54) is 6.20 Å². The first-order valence-electron chi connectivity index (χ1n) is 10.6. The summed E-state index contributed by atoms with van der Waals surface area (Å²) in [6.07, 6.45) is 3.83. The third-order valence-corrected chi connectivity index (χ3v) is 6.40. The van der Waals surface area contributed by atoms with Crippen LogP contribution in [0.5, 0.6) is 0 Å². The number of carbonyl (C=O) groups is 2. The summed E-state index contributed by atoms with van der Waals surface area (Å²) in [5, 5.41) is 9.77. The van der Waals surface area contributed by atoms with Crippen molar-refractivity contribution in [3.05, 3.63) is 126 Å². The molecule has 1 N–H and O–H groups in total. The van der Waals surface area contributed by atoms with Crippen molar-refractivity contribution in [2.24, 2.45) is 5.41 Å². The maximum atomic E-state index is 13.6. The van der Waals surface area contributed by atoms with Crippen molar-refractivity contribution in [1.29, 1.82) is 0 Å². The van der Waals surface area contributed by atoms with Crippen LogP contribution in [0.2, 0.25) is 0 Å². The number of ketones is 1. The number of aromatic nitrogens is 2. The molecule has 1 aromatic heterocycles. The normalized spacial score (nSPS) is 14.6. The molecule has 1 fully saturated rings. The molecule has 0 aliphatic heterocycles. The minimum atomic E-state index is -1.35. The van der Waals surface area contributed by atoms with Crippen LogP contribution in [0.4, 0.5) is 0 Å². The summed E-state index contributed by atoms with van der Waals surface area (Å²) >= 11 is 0. The minimum absolute atomic E-state index is 0.293. The van der Waals surface area contributed by atoms with Crippen molar-refractivity contribution in [3.63, 3.8) is 0 Å². The van der Waals surface area contributed by atoms with E-state index in [0.29, 0.717) is 18.5 Å². The van der Waals surface area contributed by atoms with E-state index in [-0.39, 0.29) is 0 Å². The molecule has 0 spiro atoms. The van der Waals surface area contributed by atoms with Crippen LogP contribution >= 0.6 is 0 Å². The van der Waals surface area contributed by atoms with Crippen LogP contribution in [-0.4, -0.2) is 26.4 Å². The highest BCUT2D eigenvalue weighted by Gasteiger charge is 2.58. The lowest BCUT2D eigenvalue weighted by Gasteiger charge is -2.38. The molecule has 0 radical (unpaired) electrons. The number of benzene rings is 3. The molecule has 0 unspecified atom stereocenters. The second kappa shape index (κ2) is 7.61. The van der Waals surface area contributed by atoms with Gasteiger partial charge in [0, 0.05) is 0 Å². The van der Waals surface area contributed by atoms with E-state index in [4.69, 9.17) is 0 Å². The average Bonchev–Trinajstić information content (AvgIpc) is 3.53. The number of carboxylic acid groups (broad SMARTS) is 1. The number of carbonyl (C=O) groups excluding carboxylic acids is 1. The Balaban J connectivity index is 1.85. The maximum Gasteiger partial charge on any atom is 0.317 e. The van der Waals surface area contributed by atoms with Gasteiger partial charge in [-0.1, -0.05) is 91.0 Å². The van der Waals surface area contributed by atoms with E-state index >= 15 is 0 Å². The van der Waals surface area contributed by atoms with Gasteiger partial charge >= 0.3 is 5.97 Å². The largest absolute Gasteiger partial charge is 0.480 e. The monoisotopic (exact) mass is 422 g/mol. The van der Waals surface area contributed by atoms with Crippen LogP contribution in [-0.2, 0) is 10.3 Å². The van der Waals surface area contributed by atoms with Crippen LogP contribution in [0.3, 0.4) is 0 Å². The lowest BCUT2D eigenvalue weighted by Crippen LogP contribution is -2.40. The Kier molecular flexibility index (Phi) is 4.74. The molecular formula is C27H22N2O3. The standard InChI is InChI=1S/C27H22N2O3/c30-24(26(16-17-26)25(31)32)23-18-28-19-29(23)27(20-10-4-1-5-11-20,21-12-6-2-7-13-21)22-14-8-3-9-15-22/h1-15,18-19H,16-17H2,(H,31,32). The van der Waals surface area contributed by atoms with Crippen LogP contribution < -0.4 is 0 Å². The van der Waals surface area contributed by atoms with Crippen molar-refractivity contribution >= 4 is 11.8 Å². The van der Waals surface area contributed by atoms with Gasteiger partial charge in [-0.2, -0.15) is 0 Å². The molecule has 158 valence electrons. The summed E-state index contributed by atoms with van der Waals surface area (Å²) in [5.41, 5.74) is 0.883. The van der Waals surface area contributed by atoms with Crippen LogP contribution in [0.15, 0.2) is 104 Å². The van der Waals surface area contributed by atoms with Gasteiger partial charge in [-0.3, -0.25) is 9.59 Å². The zero-order valence-electron chi connectivity index (χ0n) is 17.4. The zero-order valence-corrected chi connectivity index (χ0v) is 17.4. The van der Waals surface area contributed by atoms with Gasteiger partial charge in [-0.15, -0.1) is 0 Å². The lowest BCUT2D eigenvalue weighted by molar-refractivity contribution is -0.141. The summed E-state index contributed by atoms with van der Waals surface area (Å²) in [4.78, 5) is 29.8. The minimum Gasteiger partial charge on any atom is -0.480 e. The van der Waals surface area contributed by atoms with Crippen molar-refractivity contribution in [2.45, 2.75) is 18.4 Å². The number of hydrogen-bond acceptors (Lipinski definition) is 3. The number of Topliss-reactive ketones (excluding diaryl/α,β-unsaturated/α-hetero) is 1. The molecule has 3 aromatic carbocycles. The topological polar surface area (TPSA) is 72.2 Å². The molecule has 0 saturated heterocycles. The zero-order chi connectivity index (χ0) is 22.2. The van der Waals surface area contributed by atoms with Crippen LogP contribution in [0.1, 0.15) is 40.0 Å². The summed E-state index contributed by atoms with van der Waals surface area (Å²) < 4.78 is 1.85. The first-order chi connectivity index (χ1) is 15.6. The molecule has 0 atom stereocenters. The van der Waals surface area contributed by atoms with E-state index in [2.05, 4.69) is 4.98 Å². The first-order valence-corrected chi connectivity index (χ1v) is 10.6. The SMILES string of the molecule is O=C(O)C1(C(=O)c2cncn2C(c2ccccc2)(c2ccccc2)c2ccccc2)CC1. The van der Waals surface area contributed by atoms with Gasteiger partial charge in [0.1, 0.15) is 16.6 Å². The van der Waals surface area contributed by atoms with Gasteiger partial charge in [0.15, 0.2) is 5.78 Å². The second-order valence-electron chi connectivity index (χ2n) is 8.17. The van der Waals surface area contributed by atoms with Gasteiger partial charge in [-0.25, -0.2) is 4.98 Å². The summed E-state index contributed by atoms with van der Waals surface area (Å²) in [6.45, 7) is 0. The fourth-order valence-corrected chi connectivity index (χ4v) is 4.59. The summed E-state index contributed by atoms with van der Waals surface area (Å²) in [5.74, 6) is -1.46. The molecule has 5 rings (SSSR count). The van der Waals surface area contributed by atoms with Gasteiger partial charge in [0.25, 0.3) is 0 Å². The van der Waals surface area contributed by atoms with Crippen LogP contribution in [0, 0.1) is 5.41 Å². The number of imidazole rings is 1. The molecule has 0 bridgehead atoms. The van der Waals surface area contributed by atoms with Crippen molar-refractivity contribution < 1.29 is 14.7 Å². The Morgan fingerprint density at radius 1 is 0.781 bits per heavy atom. The Morgan fingerprint density at radius 3 is 1.59 bits per heavy atom. The number of hydrogen-bond donors (Lipinski definition) is 1. The van der Waals surface area contributed by atoms with Gasteiger partial charge in [0.05, 0.1) is 12.5 Å². The van der Waals surface area contributed by atoms with Crippen molar-refractivity contribution in [3.8, 4) is 0 Å². The van der Waals surface area contributed by atoms with E-state index < -0.39 is 22.7 Å². The van der Waals surface area contributed by atoms with E-state index in [1.54, 1.807) is 6.33 Å². The van der Waals surface area contributed by atoms with Crippen molar-refractivity contribution in [1.82, 2.24) is 9.55 Å². The molecule has 1 aliphatic rings. The third kappa shape index (κ3) is 2.89. The molecule has 4 aromatic rings. The Bertz CT molecular complexity index is 1160. The predicted molar refractivity (Wildman–Crippen MR) is 120 cm³/mol. The van der Waals surface area contributed by atoms with Gasteiger partial charge < -0.3 is 9.67 Å². The second-order valence-corrected chi connectivity index (χ2v) is 8.17. The Labute approximate surface area is 186 Å². The predicted octanol–water partition coefficient (Wildman–Crippen LogP) is 4.77. The Hall–Kier alpha value is -3.99.